The number of ketones is 2. The number of nitro benzene ring substituents is 1. The lowest BCUT2D eigenvalue weighted by atomic mass is 9.82. The highest BCUT2D eigenvalue weighted by Crippen LogP contribution is 2.55. The summed E-state index contributed by atoms with van der Waals surface area (Å²) in [6, 6.07) is 6.28. The molecule has 1 aliphatic carbocycles. The minimum Gasteiger partial charge on any atom is -0.449 e. The van der Waals surface area contributed by atoms with E-state index in [-0.39, 0.29) is 47.2 Å². The first-order chi connectivity index (χ1) is 17.7. The quantitative estimate of drug-likeness (QED) is 0.0958. The van der Waals surface area contributed by atoms with E-state index in [2.05, 4.69) is 10.6 Å². The van der Waals surface area contributed by atoms with Gasteiger partial charge in [0.2, 0.25) is 11.6 Å². The maximum atomic E-state index is 13.7. The summed E-state index contributed by atoms with van der Waals surface area (Å²) in [6.45, 7) is 2.36. The van der Waals surface area contributed by atoms with Gasteiger partial charge in [0.05, 0.1) is 28.3 Å². The molecule has 0 aromatic heterocycles. The Morgan fingerprint density at radius 3 is 2.70 bits per heavy atom. The van der Waals surface area contributed by atoms with Crippen LogP contribution in [0.4, 0.5) is 10.5 Å². The lowest BCUT2D eigenvalue weighted by Crippen LogP contribution is -2.55. The van der Waals surface area contributed by atoms with Crippen molar-refractivity contribution in [3.63, 3.8) is 0 Å². The molecule has 3 heterocycles. The van der Waals surface area contributed by atoms with Gasteiger partial charge in [-0.05, 0) is 19.1 Å². The zero-order valence-electron chi connectivity index (χ0n) is 20.0. The van der Waals surface area contributed by atoms with Crippen molar-refractivity contribution in [2.24, 2.45) is 11.7 Å². The first-order valence-electron chi connectivity index (χ1n) is 11.5. The summed E-state index contributed by atoms with van der Waals surface area (Å²) in [4.78, 5) is 51.7. The Kier molecular flexibility index (Phi) is 6.68. The lowest BCUT2D eigenvalue weighted by molar-refractivity contribution is -0.384. The first-order valence-corrected chi connectivity index (χ1v) is 13.9. The van der Waals surface area contributed by atoms with E-state index in [9.17, 15) is 24.5 Å². The molecule has 3 aliphatic heterocycles. The monoisotopic (exact) mass is 547 g/mol. The number of nitrogens with one attached hydrogen (secondary N) is 2. The van der Waals surface area contributed by atoms with Crippen LogP contribution in [0.2, 0.25) is 0 Å². The second-order valence-corrected chi connectivity index (χ2v) is 11.5. The van der Waals surface area contributed by atoms with Crippen LogP contribution < -0.4 is 16.4 Å². The highest BCUT2D eigenvalue weighted by atomic mass is 33.1. The third kappa shape index (κ3) is 4.17. The van der Waals surface area contributed by atoms with E-state index in [4.69, 9.17) is 15.2 Å². The molecule has 0 unspecified atom stereocenters. The van der Waals surface area contributed by atoms with Gasteiger partial charge < -0.3 is 30.7 Å². The summed E-state index contributed by atoms with van der Waals surface area (Å²) in [7, 11) is 4.50. The highest BCUT2D eigenvalue weighted by Gasteiger charge is 2.72. The Labute approximate surface area is 219 Å². The van der Waals surface area contributed by atoms with Crippen molar-refractivity contribution in [3.8, 4) is 0 Å². The molecule has 5 rings (SSSR count). The molecule has 2 fully saturated rings. The molecule has 1 aromatic rings. The molecule has 4 atom stereocenters. The molecule has 14 heteroatoms. The molecule has 1 amide bonds. The fraction of sp³-hybridized carbons (Fsp3) is 0.435. The van der Waals surface area contributed by atoms with E-state index in [0.29, 0.717) is 30.1 Å². The Morgan fingerprint density at radius 1 is 1.32 bits per heavy atom. The minimum absolute atomic E-state index is 0.0303. The predicted octanol–water partition coefficient (Wildman–Crippen LogP) is 1.33. The van der Waals surface area contributed by atoms with Crippen LogP contribution in [0.25, 0.3) is 0 Å². The highest BCUT2D eigenvalue weighted by molar-refractivity contribution is 8.76. The number of methoxy groups -OCH3 is 1. The summed E-state index contributed by atoms with van der Waals surface area (Å²) in [6.07, 6.45) is -0.965. The molecule has 4 N–H and O–H groups in total. The largest absolute Gasteiger partial charge is 0.449 e. The lowest BCUT2D eigenvalue weighted by Gasteiger charge is -2.39. The van der Waals surface area contributed by atoms with Gasteiger partial charge in [0.25, 0.3) is 5.69 Å². The smallest absolute Gasteiger partial charge is 0.404 e. The molecule has 196 valence electrons. The Hall–Kier alpha value is -3.07. The van der Waals surface area contributed by atoms with Gasteiger partial charge in [0, 0.05) is 60.2 Å². The van der Waals surface area contributed by atoms with Gasteiger partial charge >= 0.3 is 6.09 Å². The fourth-order valence-corrected chi connectivity index (χ4v) is 7.35. The Morgan fingerprint density at radius 2 is 2.05 bits per heavy atom. The number of carbonyl (C=O) groups is 3. The summed E-state index contributed by atoms with van der Waals surface area (Å²) in [5.41, 5.74) is 5.38. The van der Waals surface area contributed by atoms with Gasteiger partial charge in [0.15, 0.2) is 5.72 Å². The maximum absolute atomic E-state index is 13.7. The molecule has 2 saturated heterocycles. The summed E-state index contributed by atoms with van der Waals surface area (Å²) in [5.74, 6) is -0.657. The fourth-order valence-electron chi connectivity index (χ4n) is 5.45. The number of hydrogen-bond acceptors (Lipinski definition) is 12. The maximum Gasteiger partial charge on any atom is 0.404 e. The van der Waals surface area contributed by atoms with Crippen LogP contribution in [-0.2, 0) is 19.1 Å². The van der Waals surface area contributed by atoms with Crippen molar-refractivity contribution in [1.82, 2.24) is 15.5 Å². The van der Waals surface area contributed by atoms with E-state index >= 15 is 0 Å². The van der Waals surface area contributed by atoms with Crippen molar-refractivity contribution in [2.45, 2.75) is 29.6 Å². The van der Waals surface area contributed by atoms with E-state index in [1.165, 1.54) is 40.8 Å². The van der Waals surface area contributed by atoms with Gasteiger partial charge in [-0.1, -0.05) is 21.6 Å². The second kappa shape index (κ2) is 9.67. The van der Waals surface area contributed by atoms with Gasteiger partial charge in [-0.15, -0.1) is 0 Å². The number of piperazine rings is 1. The molecule has 0 bridgehead atoms. The average Bonchev–Trinajstić information content (AvgIpc) is 3.49. The molecule has 0 saturated carbocycles. The van der Waals surface area contributed by atoms with Gasteiger partial charge in [-0.3, -0.25) is 19.7 Å². The molecule has 1 aromatic carbocycles. The zero-order valence-corrected chi connectivity index (χ0v) is 21.6. The van der Waals surface area contributed by atoms with Crippen LogP contribution in [0, 0.1) is 16.0 Å². The number of rotatable bonds is 10. The van der Waals surface area contributed by atoms with Crippen LogP contribution in [0.1, 0.15) is 6.92 Å². The molecular weight excluding hydrogens is 522 g/mol. The number of carbonyl (C=O) groups excluding carboxylic acids is 3. The number of Topliss-reactive ketones (excluding diaryl/α,β-unsaturated/α-hetero) is 2. The second-order valence-electron chi connectivity index (χ2n) is 9.00. The van der Waals surface area contributed by atoms with Crippen LogP contribution in [-0.4, -0.2) is 77.9 Å². The number of fused-ring (bicyclic) bond motifs is 4. The van der Waals surface area contributed by atoms with Crippen molar-refractivity contribution >= 4 is 44.9 Å². The molecule has 0 radical (unpaired) electrons. The number of amides is 1. The Bertz CT molecular complexity index is 1250. The topological polar surface area (TPSA) is 176 Å². The van der Waals surface area contributed by atoms with Crippen LogP contribution in [0.3, 0.4) is 0 Å². The number of nitro groups is 1. The third-order valence-corrected chi connectivity index (χ3v) is 9.50. The van der Waals surface area contributed by atoms with Crippen molar-refractivity contribution < 1.29 is 28.8 Å². The van der Waals surface area contributed by atoms with E-state index in [1.807, 2.05) is 4.90 Å². The average molecular weight is 548 g/mol. The third-order valence-electron chi connectivity index (χ3n) is 7.12. The number of non-ortho nitro benzene ring substituents is 1. The normalized spacial score (nSPS) is 27.7. The SMILES string of the molecule is CO[C@@]12[C@H](COC(N)=O)C3=C(C(=O)C(C)=C(NCCSSc4ccc([N+](=O)[O-])cc4)C3=O)N1C[C@@H]1N[C@@H]12. The number of benzene rings is 1. The molecular formula is C23H25N5O7S2. The molecule has 0 spiro atoms. The van der Waals surface area contributed by atoms with Gasteiger partial charge in [0.1, 0.15) is 6.61 Å². The summed E-state index contributed by atoms with van der Waals surface area (Å²) >= 11 is 0. The summed E-state index contributed by atoms with van der Waals surface area (Å²) in [5, 5.41) is 17.2. The number of primary amides is 1. The van der Waals surface area contributed by atoms with Crippen molar-refractivity contribution in [2.75, 3.05) is 32.6 Å². The number of nitrogens with two attached hydrogens (primary N) is 1. The molecule has 37 heavy (non-hydrogen) atoms. The summed E-state index contributed by atoms with van der Waals surface area (Å²) < 4.78 is 11.1. The number of allylic oxidation sites excluding steroid dienone is 2. The van der Waals surface area contributed by atoms with E-state index < -0.39 is 22.7 Å². The van der Waals surface area contributed by atoms with Gasteiger partial charge in [-0.25, -0.2) is 4.79 Å². The van der Waals surface area contributed by atoms with E-state index in [1.54, 1.807) is 19.1 Å². The standard InChI is InChI=1S/C23H25N5O7S2/c1-11-17(25-7-8-36-37-13-5-3-12(4-6-13)28(32)33)20(30)16-14(10-35-22(24)31)23(34-2)21-15(26-21)9-27(23)18(16)19(11)29/h3-6,14-15,21,25-26H,7-10H2,1-2H3,(H2,24,31)/t14-,15+,21+,23-/m1/s1. The van der Waals surface area contributed by atoms with Crippen molar-refractivity contribution in [3.05, 3.63) is 56.9 Å². The van der Waals surface area contributed by atoms with E-state index in [0.717, 1.165) is 4.90 Å². The van der Waals surface area contributed by atoms with Crippen LogP contribution in [0.5, 0.6) is 0 Å². The Balaban J connectivity index is 1.28. The number of hydrogen-bond donors (Lipinski definition) is 3. The van der Waals surface area contributed by atoms with Crippen molar-refractivity contribution in [1.29, 1.82) is 0 Å². The molecule has 12 nitrogen and oxygen atoms in total. The minimum atomic E-state index is -1.01. The van der Waals surface area contributed by atoms with Crippen LogP contribution in [0.15, 0.2) is 51.7 Å². The number of ether oxygens (including phenoxy) is 2. The molecule has 4 aliphatic rings. The van der Waals surface area contributed by atoms with Gasteiger partial charge in [-0.2, -0.15) is 0 Å². The van der Waals surface area contributed by atoms with Crippen LogP contribution >= 0.6 is 21.6 Å². The first kappa shape index (κ1) is 25.6. The number of nitrogens with zero attached hydrogens (tertiary/aromatic N) is 2. The zero-order chi connectivity index (χ0) is 26.5. The predicted molar refractivity (Wildman–Crippen MR) is 135 cm³/mol.